The second kappa shape index (κ2) is 4.65. The van der Waals surface area contributed by atoms with E-state index in [9.17, 15) is 9.50 Å². The van der Waals surface area contributed by atoms with Gasteiger partial charge in [0.15, 0.2) is 11.6 Å². The van der Waals surface area contributed by atoms with Crippen molar-refractivity contribution in [3.8, 4) is 5.75 Å². The highest BCUT2D eigenvalue weighted by Gasteiger charge is 2.06. The molecular weight excluding hydrogens is 243 g/mol. The maximum Gasteiger partial charge on any atom is 0.165 e. The molecule has 0 aliphatic rings. The van der Waals surface area contributed by atoms with E-state index in [-0.39, 0.29) is 5.75 Å². The molecule has 0 radical (unpaired) electrons. The molecule has 0 saturated carbocycles. The Morgan fingerprint density at radius 2 is 2.05 bits per heavy atom. The van der Waals surface area contributed by atoms with Gasteiger partial charge in [0.05, 0.1) is 0 Å². The minimum absolute atomic E-state index is 0.294. The third-order valence-electron chi connectivity index (χ3n) is 3.11. The summed E-state index contributed by atoms with van der Waals surface area (Å²) in [6.07, 6.45) is 1.88. The Morgan fingerprint density at radius 1 is 1.16 bits per heavy atom. The van der Waals surface area contributed by atoms with Crippen LogP contribution in [0.1, 0.15) is 5.56 Å². The van der Waals surface area contributed by atoms with Crippen LogP contribution in [0.3, 0.4) is 0 Å². The fourth-order valence-corrected chi connectivity index (χ4v) is 2.06. The first-order valence-electron chi connectivity index (χ1n) is 6.01. The van der Waals surface area contributed by atoms with Crippen molar-refractivity contribution >= 4 is 16.6 Å². The number of anilines is 1. The number of hydrogen-bond donors (Lipinski definition) is 3. The lowest BCUT2D eigenvalue weighted by molar-refractivity contribution is 0.427. The second-order valence-electron chi connectivity index (χ2n) is 4.38. The number of hydrogen-bond acceptors (Lipinski definition) is 2. The molecule has 0 aliphatic heterocycles. The van der Waals surface area contributed by atoms with Gasteiger partial charge in [-0.05, 0) is 30.3 Å². The monoisotopic (exact) mass is 256 g/mol. The van der Waals surface area contributed by atoms with Gasteiger partial charge in [0.2, 0.25) is 0 Å². The van der Waals surface area contributed by atoms with E-state index in [4.69, 9.17) is 0 Å². The van der Waals surface area contributed by atoms with Crippen LogP contribution in [0.4, 0.5) is 10.1 Å². The summed E-state index contributed by atoms with van der Waals surface area (Å²) in [6.45, 7) is 0.375. The Bertz CT molecular complexity index is 721. The zero-order valence-corrected chi connectivity index (χ0v) is 10.2. The number of benzene rings is 2. The molecule has 0 fully saturated rings. The van der Waals surface area contributed by atoms with Crippen molar-refractivity contribution in [2.24, 2.45) is 0 Å². The van der Waals surface area contributed by atoms with Crippen molar-refractivity contribution in [1.29, 1.82) is 0 Å². The molecule has 3 nitrogen and oxygen atoms in total. The van der Waals surface area contributed by atoms with Gasteiger partial charge in [0, 0.05) is 34.9 Å². The summed E-state index contributed by atoms with van der Waals surface area (Å²) in [5, 5.41) is 13.9. The van der Waals surface area contributed by atoms with Crippen molar-refractivity contribution in [1.82, 2.24) is 4.98 Å². The van der Waals surface area contributed by atoms with Gasteiger partial charge in [0.25, 0.3) is 0 Å². The molecule has 0 spiro atoms. The van der Waals surface area contributed by atoms with E-state index >= 15 is 0 Å². The first-order valence-corrected chi connectivity index (χ1v) is 6.01. The van der Waals surface area contributed by atoms with Crippen LogP contribution in [-0.2, 0) is 6.54 Å². The van der Waals surface area contributed by atoms with E-state index in [1.54, 1.807) is 12.1 Å². The predicted octanol–water partition coefficient (Wildman–Crippen LogP) is 3.62. The summed E-state index contributed by atoms with van der Waals surface area (Å²) < 4.78 is 13.2. The molecule has 2 aromatic carbocycles. The minimum Gasteiger partial charge on any atom is -0.505 e. The molecule has 96 valence electrons. The third-order valence-corrected chi connectivity index (χ3v) is 3.11. The van der Waals surface area contributed by atoms with Crippen LogP contribution >= 0.6 is 0 Å². The summed E-state index contributed by atoms with van der Waals surface area (Å²) in [5.74, 6) is -0.891. The van der Waals surface area contributed by atoms with Crippen molar-refractivity contribution in [3.05, 3.63) is 60.0 Å². The SMILES string of the molecule is Oc1c(F)cccc1CNc1ccc2[nH]ccc2c1. The van der Waals surface area contributed by atoms with Gasteiger partial charge in [0.1, 0.15) is 0 Å². The number of aromatic hydroxyl groups is 1. The fourth-order valence-electron chi connectivity index (χ4n) is 2.06. The summed E-state index contributed by atoms with van der Waals surface area (Å²) in [4.78, 5) is 3.12. The second-order valence-corrected chi connectivity index (χ2v) is 4.38. The maximum absolute atomic E-state index is 13.2. The van der Waals surface area contributed by atoms with Crippen molar-refractivity contribution in [2.75, 3.05) is 5.32 Å². The highest BCUT2D eigenvalue weighted by atomic mass is 19.1. The average molecular weight is 256 g/mol. The molecule has 1 aromatic heterocycles. The standard InChI is InChI=1S/C15H13FN2O/c16-13-3-1-2-11(15(13)19)9-18-12-4-5-14-10(8-12)6-7-17-14/h1-8,17-19H,9H2. The van der Waals surface area contributed by atoms with E-state index in [0.29, 0.717) is 12.1 Å². The predicted molar refractivity (Wildman–Crippen MR) is 73.7 cm³/mol. The van der Waals surface area contributed by atoms with E-state index in [0.717, 1.165) is 16.6 Å². The molecule has 19 heavy (non-hydrogen) atoms. The number of phenols is 1. The van der Waals surface area contributed by atoms with Gasteiger partial charge < -0.3 is 15.4 Å². The zero-order valence-electron chi connectivity index (χ0n) is 10.2. The van der Waals surface area contributed by atoms with E-state index in [1.165, 1.54) is 6.07 Å². The number of H-pyrrole nitrogens is 1. The van der Waals surface area contributed by atoms with Crippen LogP contribution in [0.2, 0.25) is 0 Å². The molecular formula is C15H13FN2O. The van der Waals surface area contributed by atoms with Crippen LogP contribution in [0, 0.1) is 5.82 Å². The topological polar surface area (TPSA) is 48.0 Å². The van der Waals surface area contributed by atoms with Gasteiger partial charge in [-0.2, -0.15) is 0 Å². The number of phenolic OH excluding ortho intramolecular Hbond substituents is 1. The van der Waals surface area contributed by atoms with Crippen molar-refractivity contribution in [3.63, 3.8) is 0 Å². The number of para-hydroxylation sites is 1. The number of aromatic nitrogens is 1. The quantitative estimate of drug-likeness (QED) is 0.670. The Morgan fingerprint density at radius 3 is 2.95 bits per heavy atom. The van der Waals surface area contributed by atoms with Crippen LogP contribution in [-0.4, -0.2) is 10.1 Å². The Kier molecular flexibility index (Phi) is 2.83. The van der Waals surface area contributed by atoms with Crippen LogP contribution in [0.15, 0.2) is 48.7 Å². The lowest BCUT2D eigenvalue weighted by Gasteiger charge is -2.08. The number of rotatable bonds is 3. The average Bonchev–Trinajstić information content (AvgIpc) is 2.88. The molecule has 0 unspecified atom stereocenters. The summed E-state index contributed by atoms with van der Waals surface area (Å²) >= 11 is 0. The number of aromatic amines is 1. The molecule has 3 rings (SSSR count). The largest absolute Gasteiger partial charge is 0.505 e. The van der Waals surface area contributed by atoms with E-state index in [2.05, 4.69) is 10.3 Å². The van der Waals surface area contributed by atoms with Crippen LogP contribution < -0.4 is 5.32 Å². The molecule has 0 aliphatic carbocycles. The Hall–Kier alpha value is -2.49. The number of halogens is 1. The molecule has 3 N–H and O–H groups in total. The third kappa shape index (κ3) is 2.25. The normalized spacial score (nSPS) is 10.8. The first kappa shape index (κ1) is 11.6. The molecule has 3 aromatic rings. The molecule has 0 atom stereocenters. The van der Waals surface area contributed by atoms with Crippen LogP contribution in [0.5, 0.6) is 5.75 Å². The molecule has 0 saturated heterocycles. The van der Waals surface area contributed by atoms with Gasteiger partial charge in [-0.1, -0.05) is 12.1 Å². The highest BCUT2D eigenvalue weighted by Crippen LogP contribution is 2.23. The van der Waals surface area contributed by atoms with E-state index in [1.807, 2.05) is 30.5 Å². The lowest BCUT2D eigenvalue weighted by atomic mass is 10.2. The summed E-state index contributed by atoms with van der Waals surface area (Å²) in [6, 6.07) is 12.4. The maximum atomic E-state index is 13.2. The van der Waals surface area contributed by atoms with Crippen molar-refractivity contribution in [2.45, 2.75) is 6.54 Å². The summed E-state index contributed by atoms with van der Waals surface area (Å²) in [7, 11) is 0. The van der Waals surface area contributed by atoms with Gasteiger partial charge in [-0.25, -0.2) is 4.39 Å². The first-order chi connectivity index (χ1) is 9.24. The minimum atomic E-state index is -0.597. The summed E-state index contributed by atoms with van der Waals surface area (Å²) in [5.41, 5.74) is 2.53. The van der Waals surface area contributed by atoms with Gasteiger partial charge in [-0.15, -0.1) is 0 Å². The highest BCUT2D eigenvalue weighted by molar-refractivity contribution is 5.82. The Balaban J connectivity index is 1.80. The number of nitrogens with one attached hydrogen (secondary N) is 2. The number of fused-ring (bicyclic) bond motifs is 1. The molecule has 0 amide bonds. The lowest BCUT2D eigenvalue weighted by Crippen LogP contribution is -2.00. The zero-order chi connectivity index (χ0) is 13.2. The van der Waals surface area contributed by atoms with E-state index < -0.39 is 5.82 Å². The smallest absolute Gasteiger partial charge is 0.165 e. The molecule has 0 bridgehead atoms. The van der Waals surface area contributed by atoms with Gasteiger partial charge in [-0.3, -0.25) is 0 Å². The van der Waals surface area contributed by atoms with Crippen molar-refractivity contribution < 1.29 is 9.50 Å². The Labute approximate surface area is 109 Å². The van der Waals surface area contributed by atoms with Gasteiger partial charge >= 0.3 is 0 Å². The molecule has 4 heteroatoms. The molecule has 1 heterocycles. The van der Waals surface area contributed by atoms with Crippen LogP contribution in [0.25, 0.3) is 10.9 Å². The fraction of sp³-hybridized carbons (Fsp3) is 0.0667.